The van der Waals surface area contributed by atoms with E-state index >= 15 is 0 Å². The number of fused-ring (bicyclic) bond motifs is 1. The number of nitrogens with one attached hydrogen (secondary N) is 3. The van der Waals surface area contributed by atoms with Crippen LogP contribution in [-0.2, 0) is 4.74 Å². The van der Waals surface area contributed by atoms with Gasteiger partial charge in [-0.05, 0) is 41.5 Å². The average molecular weight is 469 g/mol. The molecule has 3 aromatic heterocycles. The van der Waals surface area contributed by atoms with Crippen molar-refractivity contribution in [3.63, 3.8) is 0 Å². The summed E-state index contributed by atoms with van der Waals surface area (Å²) < 4.78 is 9.75. The van der Waals surface area contributed by atoms with E-state index in [-0.39, 0.29) is 17.3 Å². The SMILES string of the molecule is CCOC(=O)c1ccc(Nc2nc3nonc3nc2N/N=C\c2c[nH]nc2-c2ccccc2)cc1. The summed E-state index contributed by atoms with van der Waals surface area (Å²) in [6, 6.07) is 16.5. The maximum absolute atomic E-state index is 11.9. The number of hydrogen-bond donors (Lipinski definition) is 3. The molecular formula is C23H19N9O3. The van der Waals surface area contributed by atoms with Gasteiger partial charge in [0.05, 0.1) is 18.4 Å². The van der Waals surface area contributed by atoms with Crippen molar-refractivity contribution >= 4 is 40.8 Å². The minimum absolute atomic E-state index is 0.221. The number of ether oxygens (including phenoxy) is 1. The summed E-state index contributed by atoms with van der Waals surface area (Å²) >= 11 is 0. The Hall–Kier alpha value is -5.13. The number of carbonyl (C=O) groups excluding carboxylic acids is 1. The molecule has 0 aliphatic rings. The number of hydrogen-bond acceptors (Lipinski definition) is 11. The minimum Gasteiger partial charge on any atom is -0.462 e. The fourth-order valence-corrected chi connectivity index (χ4v) is 3.23. The summed E-state index contributed by atoms with van der Waals surface area (Å²) in [5.41, 5.74) is 6.94. The van der Waals surface area contributed by atoms with Crippen LogP contribution in [0.2, 0.25) is 0 Å². The van der Waals surface area contributed by atoms with Crippen LogP contribution in [0.3, 0.4) is 0 Å². The number of aromatic nitrogens is 6. The zero-order chi connectivity index (χ0) is 24.0. The molecular weight excluding hydrogens is 450 g/mol. The fourth-order valence-electron chi connectivity index (χ4n) is 3.23. The van der Waals surface area contributed by atoms with E-state index in [0.717, 1.165) is 16.8 Å². The van der Waals surface area contributed by atoms with E-state index in [0.29, 0.717) is 29.5 Å². The highest BCUT2D eigenvalue weighted by atomic mass is 16.6. The molecule has 12 heteroatoms. The number of esters is 1. The third-order valence-electron chi connectivity index (χ3n) is 4.86. The van der Waals surface area contributed by atoms with Crippen LogP contribution >= 0.6 is 0 Å². The van der Waals surface area contributed by atoms with E-state index in [2.05, 4.69) is 46.3 Å². The van der Waals surface area contributed by atoms with Crippen molar-refractivity contribution in [3.05, 3.63) is 71.9 Å². The van der Waals surface area contributed by atoms with Crippen molar-refractivity contribution in [2.75, 3.05) is 17.3 Å². The van der Waals surface area contributed by atoms with Gasteiger partial charge in [-0.25, -0.2) is 14.4 Å². The average Bonchev–Trinajstić information content (AvgIpc) is 3.54. The van der Waals surface area contributed by atoms with Gasteiger partial charge in [0.25, 0.3) is 0 Å². The molecule has 0 bridgehead atoms. The van der Waals surface area contributed by atoms with Crippen LogP contribution in [-0.4, -0.2) is 49.3 Å². The van der Waals surface area contributed by atoms with Gasteiger partial charge in [-0.1, -0.05) is 30.3 Å². The van der Waals surface area contributed by atoms with Crippen LogP contribution in [0.4, 0.5) is 17.3 Å². The molecule has 0 fully saturated rings. The standard InChI is InChI=1S/C23H19N9O3/c1-2-34-23(33)15-8-10-17(11-9-15)26-19-20(28-22-21(27-19)31-35-32-22)30-25-13-16-12-24-29-18(16)14-6-4-3-5-7-14/h3-13H,2H2,1H3,(H,24,29)(H,26,27,31)(H,28,30,32)/b25-13-. The number of nitrogens with zero attached hydrogens (tertiary/aromatic N) is 6. The first-order chi connectivity index (χ1) is 17.2. The monoisotopic (exact) mass is 469 g/mol. The van der Waals surface area contributed by atoms with E-state index in [1.807, 2.05) is 30.3 Å². The number of benzene rings is 2. The second kappa shape index (κ2) is 9.79. The minimum atomic E-state index is -0.389. The van der Waals surface area contributed by atoms with E-state index in [1.165, 1.54) is 0 Å². The molecule has 174 valence electrons. The van der Waals surface area contributed by atoms with Crippen molar-refractivity contribution in [1.29, 1.82) is 0 Å². The molecule has 0 radical (unpaired) electrons. The molecule has 2 aromatic carbocycles. The van der Waals surface area contributed by atoms with Gasteiger partial charge < -0.3 is 10.1 Å². The molecule has 3 heterocycles. The molecule has 5 aromatic rings. The van der Waals surface area contributed by atoms with Crippen molar-refractivity contribution in [2.45, 2.75) is 6.92 Å². The summed E-state index contributed by atoms with van der Waals surface area (Å²) in [4.78, 5) is 20.7. The van der Waals surface area contributed by atoms with E-state index in [4.69, 9.17) is 9.37 Å². The molecule has 0 saturated carbocycles. The predicted octanol–water partition coefficient (Wildman–Crippen LogP) is 3.77. The lowest BCUT2D eigenvalue weighted by Crippen LogP contribution is -2.05. The molecule has 0 unspecified atom stereocenters. The first kappa shape index (κ1) is 21.7. The highest BCUT2D eigenvalue weighted by molar-refractivity contribution is 5.90. The number of rotatable bonds is 8. The molecule has 0 atom stereocenters. The van der Waals surface area contributed by atoms with Gasteiger partial charge in [-0.3, -0.25) is 10.5 Å². The van der Waals surface area contributed by atoms with Crippen molar-refractivity contribution < 1.29 is 14.2 Å². The lowest BCUT2D eigenvalue weighted by atomic mass is 10.1. The number of carbonyl (C=O) groups is 1. The molecule has 35 heavy (non-hydrogen) atoms. The van der Waals surface area contributed by atoms with Gasteiger partial charge in [0.15, 0.2) is 11.6 Å². The quantitative estimate of drug-likeness (QED) is 0.174. The van der Waals surface area contributed by atoms with Gasteiger partial charge >= 0.3 is 5.97 Å². The summed E-state index contributed by atoms with van der Waals surface area (Å²) in [6.07, 6.45) is 3.37. The van der Waals surface area contributed by atoms with Crippen molar-refractivity contribution in [1.82, 2.24) is 30.5 Å². The topological polar surface area (TPSA) is 156 Å². The van der Waals surface area contributed by atoms with Gasteiger partial charge in [0, 0.05) is 23.0 Å². The Balaban J connectivity index is 1.38. The summed E-state index contributed by atoms with van der Waals surface area (Å²) in [5.74, 6) is 0.244. The summed E-state index contributed by atoms with van der Waals surface area (Å²) in [7, 11) is 0. The van der Waals surface area contributed by atoms with E-state index in [1.54, 1.807) is 43.6 Å². The molecule has 3 N–H and O–H groups in total. The van der Waals surface area contributed by atoms with Crippen LogP contribution in [0.15, 0.2) is 70.5 Å². The van der Waals surface area contributed by atoms with E-state index < -0.39 is 0 Å². The highest BCUT2D eigenvalue weighted by Crippen LogP contribution is 2.24. The Morgan fingerprint density at radius 2 is 1.80 bits per heavy atom. The number of aromatic amines is 1. The molecule has 0 aliphatic heterocycles. The normalized spacial score (nSPS) is 11.1. The first-order valence-corrected chi connectivity index (χ1v) is 10.6. The summed E-state index contributed by atoms with van der Waals surface area (Å²) in [5, 5.41) is 22.1. The third-order valence-corrected chi connectivity index (χ3v) is 4.86. The van der Waals surface area contributed by atoms with Gasteiger partial charge in [-0.2, -0.15) is 15.2 Å². The van der Waals surface area contributed by atoms with Crippen molar-refractivity contribution in [3.8, 4) is 11.3 Å². The number of H-pyrrole nitrogens is 1. The second-order valence-electron chi connectivity index (χ2n) is 7.18. The molecule has 0 amide bonds. The Kier molecular flexibility index (Phi) is 6.07. The van der Waals surface area contributed by atoms with Crippen LogP contribution in [0.5, 0.6) is 0 Å². The Labute approximate surface area is 198 Å². The van der Waals surface area contributed by atoms with Gasteiger partial charge in [0.2, 0.25) is 11.3 Å². The van der Waals surface area contributed by atoms with Gasteiger partial charge in [0.1, 0.15) is 5.69 Å². The lowest BCUT2D eigenvalue weighted by Gasteiger charge is -2.10. The molecule has 0 aliphatic carbocycles. The molecule has 0 saturated heterocycles. The van der Waals surface area contributed by atoms with Gasteiger partial charge in [-0.15, -0.1) is 0 Å². The largest absolute Gasteiger partial charge is 0.462 e. The Morgan fingerprint density at radius 1 is 1.06 bits per heavy atom. The van der Waals surface area contributed by atoms with Crippen LogP contribution in [0.1, 0.15) is 22.8 Å². The maximum Gasteiger partial charge on any atom is 0.338 e. The molecule has 5 rings (SSSR count). The second-order valence-corrected chi connectivity index (χ2v) is 7.18. The third kappa shape index (κ3) is 4.80. The van der Waals surface area contributed by atoms with Crippen molar-refractivity contribution in [2.24, 2.45) is 5.10 Å². The first-order valence-electron chi connectivity index (χ1n) is 10.6. The predicted molar refractivity (Wildman–Crippen MR) is 128 cm³/mol. The smallest absolute Gasteiger partial charge is 0.338 e. The summed E-state index contributed by atoms with van der Waals surface area (Å²) in [6.45, 7) is 2.06. The molecule has 12 nitrogen and oxygen atoms in total. The maximum atomic E-state index is 11.9. The Morgan fingerprint density at radius 3 is 2.54 bits per heavy atom. The fraction of sp³-hybridized carbons (Fsp3) is 0.0870. The van der Waals surface area contributed by atoms with E-state index in [9.17, 15) is 4.79 Å². The number of anilines is 3. The molecule has 0 spiro atoms. The van der Waals surface area contributed by atoms with Crippen LogP contribution < -0.4 is 10.7 Å². The zero-order valence-corrected chi connectivity index (χ0v) is 18.5. The van der Waals surface area contributed by atoms with Crippen LogP contribution in [0, 0.1) is 0 Å². The number of hydrazone groups is 1. The van der Waals surface area contributed by atoms with Crippen LogP contribution in [0.25, 0.3) is 22.6 Å². The highest BCUT2D eigenvalue weighted by Gasteiger charge is 2.14. The zero-order valence-electron chi connectivity index (χ0n) is 18.5. The lowest BCUT2D eigenvalue weighted by molar-refractivity contribution is 0.0526. The Bertz CT molecular complexity index is 1480.